The molecule has 3 nitrogen and oxygen atoms in total. The summed E-state index contributed by atoms with van der Waals surface area (Å²) in [6, 6.07) is 11.5. The zero-order chi connectivity index (χ0) is 14.4. The van der Waals surface area contributed by atoms with Crippen molar-refractivity contribution in [3.63, 3.8) is 0 Å². The summed E-state index contributed by atoms with van der Waals surface area (Å²) in [5.41, 5.74) is 1.66. The molecule has 0 amide bonds. The summed E-state index contributed by atoms with van der Waals surface area (Å²) in [6.07, 6.45) is 6.82. The molecule has 2 fully saturated rings. The van der Waals surface area contributed by atoms with Crippen molar-refractivity contribution in [1.82, 2.24) is 9.88 Å². The molecule has 0 aliphatic carbocycles. The van der Waals surface area contributed by atoms with Crippen molar-refractivity contribution >= 4 is 10.9 Å². The van der Waals surface area contributed by atoms with Crippen LogP contribution in [-0.4, -0.2) is 39.7 Å². The van der Waals surface area contributed by atoms with Crippen LogP contribution in [-0.2, 0) is 6.42 Å². The van der Waals surface area contributed by atoms with E-state index >= 15 is 0 Å². The van der Waals surface area contributed by atoms with E-state index in [4.69, 9.17) is 0 Å². The molecule has 2 aliphatic heterocycles. The van der Waals surface area contributed by atoms with Crippen molar-refractivity contribution in [3.05, 3.63) is 42.1 Å². The maximum atomic E-state index is 11.1. The van der Waals surface area contributed by atoms with Gasteiger partial charge in [0.2, 0.25) is 0 Å². The van der Waals surface area contributed by atoms with Gasteiger partial charge in [0.05, 0.1) is 11.1 Å². The Labute approximate surface area is 125 Å². The minimum Gasteiger partial charge on any atom is -0.389 e. The van der Waals surface area contributed by atoms with E-state index in [2.05, 4.69) is 41.2 Å². The molecule has 2 unspecified atom stereocenters. The Morgan fingerprint density at radius 2 is 1.90 bits per heavy atom. The lowest BCUT2D eigenvalue weighted by molar-refractivity contribution is -0.0435. The number of hydrogen-bond acceptors (Lipinski definition) is 3. The molecule has 1 N–H and O–H groups in total. The molecule has 21 heavy (non-hydrogen) atoms. The molecule has 2 saturated heterocycles. The smallest absolute Gasteiger partial charge is 0.0734 e. The van der Waals surface area contributed by atoms with E-state index in [1.54, 1.807) is 0 Å². The van der Waals surface area contributed by atoms with Gasteiger partial charge in [0.25, 0.3) is 0 Å². The number of aromatic nitrogens is 1. The maximum absolute atomic E-state index is 11.1. The lowest BCUT2D eigenvalue weighted by atomic mass is 9.81. The van der Waals surface area contributed by atoms with Crippen molar-refractivity contribution in [3.8, 4) is 0 Å². The molecular formula is C18H22N2O. The van der Waals surface area contributed by atoms with Gasteiger partial charge in [0.1, 0.15) is 0 Å². The first-order valence-corrected chi connectivity index (χ1v) is 7.92. The molecule has 0 saturated carbocycles. The largest absolute Gasteiger partial charge is 0.389 e. The van der Waals surface area contributed by atoms with Gasteiger partial charge < -0.3 is 10.0 Å². The highest BCUT2D eigenvalue weighted by Gasteiger charge is 2.45. The Morgan fingerprint density at radius 1 is 1.19 bits per heavy atom. The van der Waals surface area contributed by atoms with Crippen LogP contribution in [0.2, 0.25) is 0 Å². The van der Waals surface area contributed by atoms with Gasteiger partial charge in [-0.05, 0) is 44.4 Å². The Morgan fingerprint density at radius 3 is 2.67 bits per heavy atom. The first-order valence-electron chi connectivity index (χ1n) is 7.92. The summed E-state index contributed by atoms with van der Waals surface area (Å²) in [6.45, 7) is 0. The number of fused-ring (bicyclic) bond motifs is 3. The van der Waals surface area contributed by atoms with Crippen LogP contribution in [0.1, 0.15) is 31.2 Å². The van der Waals surface area contributed by atoms with Gasteiger partial charge in [-0.1, -0.05) is 24.3 Å². The van der Waals surface area contributed by atoms with Crippen LogP contribution in [0.5, 0.6) is 0 Å². The lowest BCUT2D eigenvalue weighted by Gasteiger charge is -2.42. The molecule has 1 aromatic heterocycles. The predicted molar refractivity (Wildman–Crippen MR) is 84.2 cm³/mol. The van der Waals surface area contributed by atoms with Gasteiger partial charge in [-0.3, -0.25) is 4.98 Å². The summed E-state index contributed by atoms with van der Waals surface area (Å²) in [5.74, 6) is 0. The number of aliphatic hydroxyl groups is 1. The fraction of sp³-hybridized carbons (Fsp3) is 0.500. The maximum Gasteiger partial charge on any atom is 0.0734 e. The van der Waals surface area contributed by atoms with Crippen LogP contribution in [0, 0.1) is 0 Å². The highest BCUT2D eigenvalue weighted by Crippen LogP contribution is 2.41. The standard InChI is InChI=1S/C18H22N2O/c1-20-15-7-8-16(20)12-18(21,11-15)10-14-5-2-4-13-6-3-9-19-17(13)14/h2-6,9,15-16,21H,7-8,10-12H2,1H3. The van der Waals surface area contributed by atoms with Gasteiger partial charge in [0, 0.05) is 30.1 Å². The second kappa shape index (κ2) is 4.79. The van der Waals surface area contributed by atoms with E-state index in [1.807, 2.05) is 12.3 Å². The van der Waals surface area contributed by atoms with Crippen molar-refractivity contribution in [2.24, 2.45) is 0 Å². The summed E-state index contributed by atoms with van der Waals surface area (Å²) >= 11 is 0. The van der Waals surface area contributed by atoms with Crippen LogP contribution in [0.4, 0.5) is 0 Å². The molecule has 3 heterocycles. The Bertz CT molecular complexity index is 650. The van der Waals surface area contributed by atoms with E-state index < -0.39 is 5.60 Å². The van der Waals surface area contributed by atoms with Crippen molar-refractivity contribution in [1.29, 1.82) is 0 Å². The fourth-order valence-electron chi connectivity index (χ4n) is 4.35. The van der Waals surface area contributed by atoms with Crippen molar-refractivity contribution in [2.45, 2.75) is 49.8 Å². The molecular weight excluding hydrogens is 260 g/mol. The number of rotatable bonds is 2. The Kier molecular flexibility index (Phi) is 3.02. The molecule has 2 aromatic rings. The molecule has 2 bridgehead atoms. The number of benzene rings is 1. The lowest BCUT2D eigenvalue weighted by Crippen LogP contribution is -2.50. The topological polar surface area (TPSA) is 36.4 Å². The number of pyridine rings is 1. The molecule has 4 rings (SSSR count). The number of para-hydroxylation sites is 1. The average Bonchev–Trinajstić information content (AvgIpc) is 2.71. The van der Waals surface area contributed by atoms with Gasteiger partial charge in [-0.2, -0.15) is 0 Å². The number of nitrogens with zero attached hydrogens (tertiary/aromatic N) is 2. The Balaban J connectivity index is 1.66. The van der Waals surface area contributed by atoms with E-state index in [-0.39, 0.29) is 0 Å². The van der Waals surface area contributed by atoms with Crippen LogP contribution in [0.3, 0.4) is 0 Å². The average molecular weight is 282 g/mol. The van der Waals surface area contributed by atoms with Crippen LogP contribution in [0.25, 0.3) is 10.9 Å². The van der Waals surface area contributed by atoms with E-state index in [9.17, 15) is 5.11 Å². The molecule has 1 aromatic carbocycles. The first-order chi connectivity index (χ1) is 10.1. The minimum absolute atomic E-state index is 0.552. The first kappa shape index (κ1) is 13.2. The van der Waals surface area contributed by atoms with Gasteiger partial charge >= 0.3 is 0 Å². The zero-order valence-corrected chi connectivity index (χ0v) is 12.5. The van der Waals surface area contributed by atoms with E-state index in [0.29, 0.717) is 12.1 Å². The predicted octanol–water partition coefficient (Wildman–Crippen LogP) is 2.77. The molecule has 2 aliphatic rings. The third-order valence-corrected chi connectivity index (χ3v) is 5.45. The minimum atomic E-state index is -0.565. The molecule has 110 valence electrons. The summed E-state index contributed by atoms with van der Waals surface area (Å²) in [5, 5.41) is 12.3. The molecule has 0 spiro atoms. The van der Waals surface area contributed by atoms with Crippen LogP contribution < -0.4 is 0 Å². The fourth-order valence-corrected chi connectivity index (χ4v) is 4.35. The monoisotopic (exact) mass is 282 g/mol. The SMILES string of the molecule is CN1C2CCC1CC(O)(Cc1cccc3cccnc13)C2. The Hall–Kier alpha value is -1.45. The molecule has 2 atom stereocenters. The normalized spacial score (nSPS) is 32.7. The quantitative estimate of drug-likeness (QED) is 0.920. The highest BCUT2D eigenvalue weighted by molar-refractivity contribution is 5.81. The second-order valence-corrected chi connectivity index (χ2v) is 6.85. The van der Waals surface area contributed by atoms with Crippen molar-refractivity contribution < 1.29 is 5.11 Å². The second-order valence-electron chi connectivity index (χ2n) is 6.85. The van der Waals surface area contributed by atoms with E-state index in [1.165, 1.54) is 18.4 Å². The summed E-state index contributed by atoms with van der Waals surface area (Å²) in [7, 11) is 2.21. The van der Waals surface area contributed by atoms with Crippen molar-refractivity contribution in [2.75, 3.05) is 7.05 Å². The van der Waals surface area contributed by atoms with Crippen LogP contribution in [0.15, 0.2) is 36.5 Å². The van der Waals surface area contributed by atoms with Gasteiger partial charge in [-0.15, -0.1) is 0 Å². The van der Waals surface area contributed by atoms with Crippen LogP contribution >= 0.6 is 0 Å². The third-order valence-electron chi connectivity index (χ3n) is 5.45. The highest BCUT2D eigenvalue weighted by atomic mass is 16.3. The number of hydrogen-bond donors (Lipinski definition) is 1. The summed E-state index contributed by atoms with van der Waals surface area (Å²) in [4.78, 5) is 6.99. The summed E-state index contributed by atoms with van der Waals surface area (Å²) < 4.78 is 0. The zero-order valence-electron chi connectivity index (χ0n) is 12.5. The molecule has 3 heteroatoms. The van der Waals surface area contributed by atoms with Gasteiger partial charge in [-0.25, -0.2) is 0 Å². The molecule has 0 radical (unpaired) electrons. The third kappa shape index (κ3) is 2.25. The van der Waals surface area contributed by atoms with Gasteiger partial charge in [0.15, 0.2) is 0 Å². The van der Waals surface area contributed by atoms with E-state index in [0.717, 1.165) is 30.2 Å². The number of piperidine rings is 1.